The highest BCUT2D eigenvalue weighted by Crippen LogP contribution is 2.31. The van der Waals surface area contributed by atoms with Crippen LogP contribution in [0.2, 0.25) is 0 Å². The van der Waals surface area contributed by atoms with Crippen LogP contribution in [-0.4, -0.2) is 24.0 Å². The summed E-state index contributed by atoms with van der Waals surface area (Å²) in [5.41, 5.74) is 0.755. The van der Waals surface area contributed by atoms with Crippen molar-refractivity contribution in [3.8, 4) is 0 Å². The quantitative estimate of drug-likeness (QED) is 0.751. The molecule has 0 saturated heterocycles. The fraction of sp³-hybridized carbons (Fsp3) is 0.100. The molecule has 2 rings (SSSR count). The molecule has 0 aromatic heterocycles. The Labute approximate surface area is 91.8 Å². The molecule has 1 aliphatic rings. The van der Waals surface area contributed by atoms with Gasteiger partial charge in [0.15, 0.2) is 0 Å². The van der Waals surface area contributed by atoms with Gasteiger partial charge in [0.2, 0.25) is 0 Å². The van der Waals surface area contributed by atoms with Gasteiger partial charge in [0.1, 0.15) is 0 Å². The summed E-state index contributed by atoms with van der Waals surface area (Å²) in [4.78, 5) is 10.6. The number of benzene rings is 1. The van der Waals surface area contributed by atoms with Gasteiger partial charge in [0.25, 0.3) is 10.1 Å². The molecule has 0 saturated carbocycles. The monoisotopic (exact) mass is 240 g/mol. The van der Waals surface area contributed by atoms with E-state index in [1.54, 1.807) is 0 Å². The maximum Gasteiger partial charge on any atom is 0.335 e. The lowest BCUT2D eigenvalue weighted by atomic mass is 10.1. The molecule has 0 fully saturated rings. The predicted octanol–water partition coefficient (Wildman–Crippen LogP) is 0.957. The van der Waals surface area contributed by atoms with Gasteiger partial charge in [-0.3, -0.25) is 4.55 Å². The second-order valence-electron chi connectivity index (χ2n) is 3.38. The number of hydrogen-bond donors (Lipinski definition) is 2. The van der Waals surface area contributed by atoms with Gasteiger partial charge in [0, 0.05) is 0 Å². The van der Waals surface area contributed by atoms with Crippen LogP contribution in [0.1, 0.15) is 11.1 Å². The average molecular weight is 240 g/mol. The molecular formula is C10H8O5S. The lowest BCUT2D eigenvalue weighted by Crippen LogP contribution is -2.04. The summed E-state index contributed by atoms with van der Waals surface area (Å²) in [6.07, 6.45) is 1.63. The number of carboxylic acids is 1. The van der Waals surface area contributed by atoms with Crippen molar-refractivity contribution < 1.29 is 22.9 Å². The van der Waals surface area contributed by atoms with Crippen LogP contribution >= 0.6 is 0 Å². The van der Waals surface area contributed by atoms with Gasteiger partial charge in [0.05, 0.1) is 10.5 Å². The summed E-state index contributed by atoms with van der Waals surface area (Å²) in [6, 6.07) is 4.19. The molecule has 0 spiro atoms. The van der Waals surface area contributed by atoms with E-state index in [9.17, 15) is 13.2 Å². The molecule has 16 heavy (non-hydrogen) atoms. The third kappa shape index (κ3) is 1.62. The van der Waals surface area contributed by atoms with Crippen molar-refractivity contribution in [2.45, 2.75) is 11.3 Å². The van der Waals surface area contributed by atoms with Crippen LogP contribution in [-0.2, 0) is 21.3 Å². The Balaban J connectivity index is 2.66. The van der Waals surface area contributed by atoms with Crippen molar-refractivity contribution in [3.05, 3.63) is 35.4 Å². The Morgan fingerprint density at radius 3 is 2.56 bits per heavy atom. The maximum absolute atomic E-state index is 11.1. The number of rotatable bonds is 2. The number of hydrogen-bond acceptors (Lipinski definition) is 3. The van der Waals surface area contributed by atoms with Crippen LogP contribution in [0.25, 0.3) is 5.57 Å². The summed E-state index contributed by atoms with van der Waals surface area (Å²) >= 11 is 0. The lowest BCUT2D eigenvalue weighted by molar-refractivity contribution is -0.130. The molecule has 0 unspecified atom stereocenters. The fourth-order valence-corrected chi connectivity index (χ4v) is 2.54. The van der Waals surface area contributed by atoms with E-state index in [1.165, 1.54) is 24.3 Å². The van der Waals surface area contributed by atoms with Crippen LogP contribution in [0.5, 0.6) is 0 Å². The second kappa shape index (κ2) is 3.43. The minimum Gasteiger partial charge on any atom is -0.478 e. The maximum atomic E-state index is 11.1. The highest BCUT2D eigenvalue weighted by atomic mass is 32.2. The molecule has 0 aliphatic heterocycles. The first-order valence-corrected chi connectivity index (χ1v) is 5.88. The van der Waals surface area contributed by atoms with Crippen molar-refractivity contribution >= 4 is 21.7 Å². The average Bonchev–Trinajstić information content (AvgIpc) is 2.58. The standard InChI is InChI=1S/C10H8O5S/c11-10(12)8-5-4-7-6(8)2-1-3-9(7)16(13,14)15/h1-3,5H,4H2,(H,11,12)(H,13,14,15). The summed E-state index contributed by atoms with van der Waals surface area (Å²) in [6.45, 7) is 0. The first-order valence-electron chi connectivity index (χ1n) is 4.44. The van der Waals surface area contributed by atoms with E-state index < -0.39 is 16.1 Å². The molecule has 6 heteroatoms. The summed E-state index contributed by atoms with van der Waals surface area (Å²) < 4.78 is 31.1. The van der Waals surface area contributed by atoms with Crippen LogP contribution in [0.4, 0.5) is 0 Å². The Hall–Kier alpha value is -1.66. The Morgan fingerprint density at radius 2 is 2.00 bits per heavy atom. The minimum atomic E-state index is -4.30. The minimum absolute atomic E-state index is 0.0699. The van der Waals surface area contributed by atoms with Crippen molar-refractivity contribution in [1.29, 1.82) is 0 Å². The third-order valence-corrected chi connectivity index (χ3v) is 3.38. The lowest BCUT2D eigenvalue weighted by Gasteiger charge is -2.05. The second-order valence-corrected chi connectivity index (χ2v) is 4.77. The number of allylic oxidation sites excluding steroid dienone is 1. The molecule has 1 aromatic rings. The molecule has 2 N–H and O–H groups in total. The molecule has 0 amide bonds. The van der Waals surface area contributed by atoms with Crippen LogP contribution in [0, 0.1) is 0 Å². The molecule has 84 valence electrons. The van der Waals surface area contributed by atoms with Crippen molar-refractivity contribution in [3.63, 3.8) is 0 Å². The molecule has 1 aromatic carbocycles. The first-order chi connectivity index (χ1) is 7.41. The molecule has 5 nitrogen and oxygen atoms in total. The van der Waals surface area contributed by atoms with E-state index in [2.05, 4.69) is 0 Å². The van der Waals surface area contributed by atoms with E-state index >= 15 is 0 Å². The van der Waals surface area contributed by atoms with Gasteiger partial charge >= 0.3 is 5.97 Å². The fourth-order valence-electron chi connectivity index (χ4n) is 1.79. The summed E-state index contributed by atoms with van der Waals surface area (Å²) in [7, 11) is -4.30. The molecule has 0 heterocycles. The van der Waals surface area contributed by atoms with Crippen LogP contribution in [0.3, 0.4) is 0 Å². The van der Waals surface area contributed by atoms with Gasteiger partial charge < -0.3 is 5.11 Å². The van der Waals surface area contributed by atoms with Crippen molar-refractivity contribution in [1.82, 2.24) is 0 Å². The van der Waals surface area contributed by atoms with E-state index in [0.717, 1.165) is 0 Å². The highest BCUT2D eigenvalue weighted by molar-refractivity contribution is 7.85. The van der Waals surface area contributed by atoms with Crippen LogP contribution < -0.4 is 0 Å². The van der Waals surface area contributed by atoms with Crippen LogP contribution in [0.15, 0.2) is 29.2 Å². The molecule has 1 aliphatic carbocycles. The smallest absolute Gasteiger partial charge is 0.335 e. The van der Waals surface area contributed by atoms with E-state index in [1.807, 2.05) is 0 Å². The van der Waals surface area contributed by atoms with Gasteiger partial charge in [-0.05, 0) is 23.6 Å². The number of fused-ring (bicyclic) bond motifs is 1. The predicted molar refractivity (Wildman–Crippen MR) is 55.6 cm³/mol. The Kier molecular flexibility index (Phi) is 2.32. The van der Waals surface area contributed by atoms with E-state index in [4.69, 9.17) is 9.66 Å². The normalized spacial score (nSPS) is 14.4. The van der Waals surface area contributed by atoms with Crippen molar-refractivity contribution in [2.75, 3.05) is 0 Å². The molecule has 0 bridgehead atoms. The third-order valence-electron chi connectivity index (χ3n) is 2.44. The Bertz CT molecular complexity index is 598. The highest BCUT2D eigenvalue weighted by Gasteiger charge is 2.25. The van der Waals surface area contributed by atoms with E-state index in [0.29, 0.717) is 11.1 Å². The zero-order valence-corrected chi connectivity index (χ0v) is 8.86. The molecule has 0 atom stereocenters. The number of carboxylic acid groups (broad SMARTS) is 1. The Morgan fingerprint density at radius 1 is 1.31 bits per heavy atom. The van der Waals surface area contributed by atoms with Gasteiger partial charge in [-0.15, -0.1) is 0 Å². The zero-order chi connectivity index (χ0) is 11.9. The largest absolute Gasteiger partial charge is 0.478 e. The summed E-state index contributed by atoms with van der Waals surface area (Å²) in [5.74, 6) is -1.11. The zero-order valence-electron chi connectivity index (χ0n) is 8.04. The van der Waals surface area contributed by atoms with E-state index in [-0.39, 0.29) is 16.9 Å². The van der Waals surface area contributed by atoms with Gasteiger partial charge in [-0.1, -0.05) is 18.2 Å². The number of aliphatic carboxylic acids is 1. The SMILES string of the molecule is O=C(O)C1=CCc2c1cccc2S(=O)(=O)O. The number of carbonyl (C=O) groups is 1. The summed E-state index contributed by atoms with van der Waals surface area (Å²) in [5, 5.41) is 8.87. The molecular weight excluding hydrogens is 232 g/mol. The van der Waals surface area contributed by atoms with Crippen molar-refractivity contribution in [2.24, 2.45) is 0 Å². The van der Waals surface area contributed by atoms with Gasteiger partial charge in [-0.2, -0.15) is 8.42 Å². The van der Waals surface area contributed by atoms with Gasteiger partial charge in [-0.25, -0.2) is 4.79 Å². The first kappa shape index (κ1) is 10.8. The topological polar surface area (TPSA) is 91.7 Å². The molecule has 0 radical (unpaired) electrons.